The molecule has 0 radical (unpaired) electrons. The van der Waals surface area contributed by atoms with E-state index < -0.39 is 0 Å². The second kappa shape index (κ2) is 6.46. The van der Waals surface area contributed by atoms with Gasteiger partial charge in [0.1, 0.15) is 0 Å². The van der Waals surface area contributed by atoms with Gasteiger partial charge in [0.15, 0.2) is 17.8 Å². The number of aldehydes is 1. The Labute approximate surface area is 94.4 Å². The maximum Gasteiger partial charge on any atom is 0.171 e. The second-order valence-electron chi connectivity index (χ2n) is 3.11. The minimum atomic E-state index is 0.398. The molecule has 0 aliphatic heterocycles. The monoisotopic (exact) mass is 219 g/mol. The van der Waals surface area contributed by atoms with E-state index in [0.29, 0.717) is 36.5 Å². The Bertz CT molecular complexity index is 396. The third kappa shape index (κ3) is 2.99. The molecule has 1 aromatic carbocycles. The number of hydrogen-bond donors (Lipinski definition) is 0. The lowest BCUT2D eigenvalue weighted by Crippen LogP contribution is -2.01. The third-order valence-corrected chi connectivity index (χ3v) is 2.04. The summed E-state index contributed by atoms with van der Waals surface area (Å²) in [6, 6.07) is 7.15. The van der Waals surface area contributed by atoms with Crippen molar-refractivity contribution < 1.29 is 14.3 Å². The summed E-state index contributed by atoms with van der Waals surface area (Å²) in [5.41, 5.74) is 0.455. The van der Waals surface area contributed by atoms with Crippen molar-refractivity contribution >= 4 is 6.29 Å². The van der Waals surface area contributed by atoms with Gasteiger partial charge in [0.2, 0.25) is 0 Å². The molecule has 0 fully saturated rings. The Hall–Kier alpha value is -2.02. The Balaban J connectivity index is 2.75. The molecule has 0 N–H and O–H groups in total. The van der Waals surface area contributed by atoms with Crippen LogP contribution in [-0.2, 0) is 0 Å². The van der Waals surface area contributed by atoms with Crippen LogP contribution in [0.15, 0.2) is 18.2 Å². The summed E-state index contributed by atoms with van der Waals surface area (Å²) in [4.78, 5) is 10.8. The number of unbranched alkanes of at least 4 members (excludes halogenated alkanes) is 1. The van der Waals surface area contributed by atoms with E-state index in [2.05, 4.69) is 0 Å². The molecule has 0 amide bonds. The molecule has 0 saturated heterocycles. The average molecular weight is 219 g/mol. The molecule has 0 spiro atoms. The summed E-state index contributed by atoms with van der Waals surface area (Å²) in [7, 11) is 1.52. The Morgan fingerprint density at radius 1 is 1.50 bits per heavy atom. The lowest BCUT2D eigenvalue weighted by molar-refractivity contribution is 0.111. The van der Waals surface area contributed by atoms with Crippen LogP contribution in [0.3, 0.4) is 0 Å². The molecule has 1 rings (SSSR count). The van der Waals surface area contributed by atoms with Gasteiger partial charge < -0.3 is 9.47 Å². The van der Waals surface area contributed by atoms with Gasteiger partial charge in [-0.3, -0.25) is 4.79 Å². The van der Waals surface area contributed by atoms with Gasteiger partial charge in [0, 0.05) is 6.42 Å². The molecule has 0 unspecified atom stereocenters. The van der Waals surface area contributed by atoms with E-state index in [9.17, 15) is 4.79 Å². The van der Waals surface area contributed by atoms with E-state index in [1.54, 1.807) is 18.2 Å². The van der Waals surface area contributed by atoms with Crippen LogP contribution < -0.4 is 9.47 Å². The van der Waals surface area contributed by atoms with Gasteiger partial charge in [0.05, 0.1) is 25.3 Å². The molecule has 0 aromatic heterocycles. The molecule has 0 aliphatic carbocycles. The fraction of sp³-hybridized carbons (Fsp3) is 0.333. The maximum absolute atomic E-state index is 10.8. The largest absolute Gasteiger partial charge is 0.493 e. The molecule has 84 valence electrons. The number of carbonyl (C=O) groups excluding carboxylic acids is 1. The highest BCUT2D eigenvalue weighted by Gasteiger charge is 2.09. The molecular formula is C12H13NO3. The van der Waals surface area contributed by atoms with E-state index in [1.807, 2.05) is 6.07 Å². The van der Waals surface area contributed by atoms with Crippen molar-refractivity contribution in [1.29, 1.82) is 5.26 Å². The number of hydrogen-bond acceptors (Lipinski definition) is 4. The van der Waals surface area contributed by atoms with Crippen molar-refractivity contribution in [2.75, 3.05) is 13.7 Å². The predicted octanol–water partition coefficient (Wildman–Crippen LogP) is 2.19. The van der Waals surface area contributed by atoms with Gasteiger partial charge in [-0.1, -0.05) is 6.07 Å². The molecule has 0 atom stereocenters. The van der Waals surface area contributed by atoms with Crippen LogP contribution in [0.4, 0.5) is 0 Å². The summed E-state index contributed by atoms with van der Waals surface area (Å²) in [5, 5.41) is 8.38. The fourth-order valence-electron chi connectivity index (χ4n) is 1.27. The van der Waals surface area contributed by atoms with Crippen molar-refractivity contribution in [3.63, 3.8) is 0 Å². The Morgan fingerprint density at radius 2 is 2.31 bits per heavy atom. The normalized spacial score (nSPS) is 9.25. The minimum Gasteiger partial charge on any atom is -0.493 e. The lowest BCUT2D eigenvalue weighted by Gasteiger charge is -2.11. The van der Waals surface area contributed by atoms with E-state index in [4.69, 9.17) is 14.7 Å². The first-order valence-corrected chi connectivity index (χ1v) is 4.95. The molecule has 0 aliphatic rings. The predicted molar refractivity (Wildman–Crippen MR) is 58.7 cm³/mol. The number of rotatable bonds is 6. The zero-order valence-corrected chi connectivity index (χ0v) is 9.10. The first-order chi connectivity index (χ1) is 7.83. The Morgan fingerprint density at radius 3 is 2.94 bits per heavy atom. The molecular weight excluding hydrogens is 206 g/mol. The SMILES string of the molecule is COc1cccc(C=O)c1OCCCC#N. The van der Waals surface area contributed by atoms with Crippen LogP contribution in [0.5, 0.6) is 11.5 Å². The van der Waals surface area contributed by atoms with Gasteiger partial charge in [-0.2, -0.15) is 5.26 Å². The zero-order chi connectivity index (χ0) is 11.8. The van der Waals surface area contributed by atoms with Crippen molar-refractivity contribution in [3.8, 4) is 17.6 Å². The quantitative estimate of drug-likeness (QED) is 0.543. The molecule has 16 heavy (non-hydrogen) atoms. The topological polar surface area (TPSA) is 59.3 Å². The summed E-state index contributed by atoms with van der Waals surface area (Å²) >= 11 is 0. The van der Waals surface area contributed by atoms with Crippen LogP contribution in [0, 0.1) is 11.3 Å². The van der Waals surface area contributed by atoms with Crippen molar-refractivity contribution in [2.45, 2.75) is 12.8 Å². The average Bonchev–Trinajstić information content (AvgIpc) is 2.34. The highest BCUT2D eigenvalue weighted by atomic mass is 16.5. The smallest absolute Gasteiger partial charge is 0.171 e. The zero-order valence-electron chi connectivity index (χ0n) is 9.10. The maximum atomic E-state index is 10.8. The number of nitriles is 1. The van der Waals surface area contributed by atoms with Gasteiger partial charge in [-0.25, -0.2) is 0 Å². The molecule has 0 saturated carbocycles. The van der Waals surface area contributed by atoms with Crippen LogP contribution >= 0.6 is 0 Å². The van der Waals surface area contributed by atoms with E-state index in [-0.39, 0.29) is 0 Å². The summed E-state index contributed by atoms with van der Waals surface area (Å²) in [5.74, 6) is 0.972. The number of ether oxygens (including phenoxy) is 2. The first kappa shape index (κ1) is 12.1. The lowest BCUT2D eigenvalue weighted by atomic mass is 10.2. The molecule has 4 nitrogen and oxygen atoms in total. The highest BCUT2D eigenvalue weighted by Crippen LogP contribution is 2.29. The van der Waals surface area contributed by atoms with Crippen LogP contribution in [0.1, 0.15) is 23.2 Å². The van der Waals surface area contributed by atoms with Crippen molar-refractivity contribution in [2.24, 2.45) is 0 Å². The third-order valence-electron chi connectivity index (χ3n) is 2.04. The number of benzene rings is 1. The van der Waals surface area contributed by atoms with Gasteiger partial charge in [0.25, 0.3) is 0 Å². The van der Waals surface area contributed by atoms with Gasteiger partial charge in [-0.05, 0) is 18.6 Å². The van der Waals surface area contributed by atoms with Crippen molar-refractivity contribution in [3.05, 3.63) is 23.8 Å². The summed E-state index contributed by atoms with van der Waals surface area (Å²) in [6.45, 7) is 0.398. The van der Waals surface area contributed by atoms with Crippen LogP contribution in [0.25, 0.3) is 0 Å². The fourth-order valence-corrected chi connectivity index (χ4v) is 1.27. The second-order valence-corrected chi connectivity index (χ2v) is 3.11. The van der Waals surface area contributed by atoms with E-state index >= 15 is 0 Å². The summed E-state index contributed by atoms with van der Waals surface area (Å²) in [6.07, 6.45) is 1.79. The minimum absolute atomic E-state index is 0.398. The van der Waals surface area contributed by atoms with Crippen LogP contribution in [-0.4, -0.2) is 20.0 Å². The van der Waals surface area contributed by atoms with Crippen molar-refractivity contribution in [1.82, 2.24) is 0 Å². The van der Waals surface area contributed by atoms with E-state index in [0.717, 1.165) is 6.29 Å². The van der Waals surface area contributed by atoms with Crippen LogP contribution in [0.2, 0.25) is 0 Å². The molecule has 0 heterocycles. The summed E-state index contributed by atoms with van der Waals surface area (Å²) < 4.78 is 10.5. The first-order valence-electron chi connectivity index (χ1n) is 4.95. The van der Waals surface area contributed by atoms with E-state index in [1.165, 1.54) is 7.11 Å². The number of methoxy groups -OCH3 is 1. The molecule has 1 aromatic rings. The number of para-hydroxylation sites is 1. The number of nitrogens with zero attached hydrogens (tertiary/aromatic N) is 1. The molecule has 4 heteroatoms. The number of carbonyl (C=O) groups is 1. The standard InChI is InChI=1S/C12H13NO3/c1-15-11-6-4-5-10(9-14)12(11)16-8-3-2-7-13/h4-6,9H,2-3,8H2,1H3. The highest BCUT2D eigenvalue weighted by molar-refractivity contribution is 5.81. The van der Waals surface area contributed by atoms with Gasteiger partial charge in [-0.15, -0.1) is 0 Å². The molecule has 0 bridgehead atoms. The Kier molecular flexibility index (Phi) is 4.87. The van der Waals surface area contributed by atoms with Gasteiger partial charge >= 0.3 is 0 Å².